The number of carbonyl (C=O) groups excluding carboxylic acids is 1. The fourth-order valence-corrected chi connectivity index (χ4v) is 1.81. The van der Waals surface area contributed by atoms with Gasteiger partial charge in [0.25, 0.3) is 0 Å². The van der Waals surface area contributed by atoms with Crippen LogP contribution in [-0.2, 0) is 4.79 Å². The van der Waals surface area contributed by atoms with Crippen molar-refractivity contribution in [3.05, 3.63) is 22.4 Å². The number of aromatic nitrogens is 2. The van der Waals surface area contributed by atoms with Crippen molar-refractivity contribution >= 4 is 45.8 Å². The van der Waals surface area contributed by atoms with Crippen molar-refractivity contribution in [3.8, 4) is 0 Å². The second-order valence-electron chi connectivity index (χ2n) is 3.03. The van der Waals surface area contributed by atoms with E-state index >= 15 is 0 Å². The number of anilines is 1. The number of amides is 1. The van der Waals surface area contributed by atoms with Crippen LogP contribution in [0.3, 0.4) is 0 Å². The molecule has 0 spiro atoms. The first kappa shape index (κ1) is 10.3. The zero-order chi connectivity index (χ0) is 11.0. The predicted octanol–water partition coefficient (Wildman–Crippen LogP) is 2.83. The molecule has 0 aliphatic heterocycles. The maximum atomic E-state index is 10.9. The van der Waals surface area contributed by atoms with Gasteiger partial charge in [0.2, 0.25) is 5.91 Å². The molecule has 0 bridgehead atoms. The molecule has 0 atom stereocenters. The van der Waals surface area contributed by atoms with Crippen LogP contribution in [0.5, 0.6) is 0 Å². The normalized spacial score (nSPS) is 10.6. The Morgan fingerprint density at radius 3 is 2.93 bits per heavy atom. The van der Waals surface area contributed by atoms with Gasteiger partial charge in [-0.05, 0) is 6.07 Å². The number of imidazole rings is 1. The Labute approximate surface area is 95.6 Å². The number of nitrogens with zero attached hydrogens (tertiary/aromatic N) is 1. The number of benzene rings is 1. The number of rotatable bonds is 1. The topological polar surface area (TPSA) is 57.8 Å². The van der Waals surface area contributed by atoms with E-state index in [1.165, 1.54) is 13.3 Å². The number of aromatic amines is 1. The third-order valence-corrected chi connectivity index (χ3v) is 2.58. The number of nitrogens with one attached hydrogen (secondary N) is 2. The summed E-state index contributed by atoms with van der Waals surface area (Å²) in [7, 11) is 0. The lowest BCUT2D eigenvalue weighted by Crippen LogP contribution is -2.06. The summed E-state index contributed by atoms with van der Waals surface area (Å²) in [5, 5.41) is 3.44. The maximum absolute atomic E-state index is 10.9. The summed E-state index contributed by atoms with van der Waals surface area (Å²) < 4.78 is 0. The average molecular weight is 244 g/mol. The van der Waals surface area contributed by atoms with Gasteiger partial charge in [-0.3, -0.25) is 4.79 Å². The van der Waals surface area contributed by atoms with Crippen LogP contribution in [0.4, 0.5) is 5.69 Å². The standard InChI is InChI=1S/C9H7Cl2N3O/c1-4(15)14-6-2-5(10)8-9(7(6)11)13-3-12-8/h2-3H,1H3,(H,12,13)(H,14,15). The van der Waals surface area contributed by atoms with Gasteiger partial charge in [0, 0.05) is 6.92 Å². The molecule has 2 aromatic rings. The minimum atomic E-state index is -0.202. The molecule has 6 heteroatoms. The van der Waals surface area contributed by atoms with Gasteiger partial charge in [-0.2, -0.15) is 0 Å². The minimum Gasteiger partial charge on any atom is -0.343 e. The van der Waals surface area contributed by atoms with Crippen molar-refractivity contribution in [1.29, 1.82) is 0 Å². The summed E-state index contributed by atoms with van der Waals surface area (Å²) >= 11 is 12.0. The smallest absolute Gasteiger partial charge is 0.221 e. The highest BCUT2D eigenvalue weighted by molar-refractivity contribution is 6.42. The van der Waals surface area contributed by atoms with Crippen molar-refractivity contribution < 1.29 is 4.79 Å². The third kappa shape index (κ3) is 1.78. The van der Waals surface area contributed by atoms with Gasteiger partial charge in [-0.25, -0.2) is 4.98 Å². The van der Waals surface area contributed by atoms with Crippen LogP contribution in [-0.4, -0.2) is 15.9 Å². The lowest BCUT2D eigenvalue weighted by Gasteiger charge is -2.06. The van der Waals surface area contributed by atoms with Crippen molar-refractivity contribution in [1.82, 2.24) is 9.97 Å². The zero-order valence-corrected chi connectivity index (χ0v) is 9.28. The monoisotopic (exact) mass is 243 g/mol. The molecule has 4 nitrogen and oxygen atoms in total. The molecule has 1 heterocycles. The summed E-state index contributed by atoms with van der Waals surface area (Å²) in [6.07, 6.45) is 1.50. The Kier molecular flexibility index (Phi) is 2.54. The Morgan fingerprint density at radius 1 is 1.53 bits per heavy atom. The number of fused-ring (bicyclic) bond motifs is 1. The molecule has 1 aromatic carbocycles. The molecule has 15 heavy (non-hydrogen) atoms. The van der Waals surface area contributed by atoms with Crippen molar-refractivity contribution in [2.24, 2.45) is 0 Å². The Bertz CT molecular complexity index is 535. The fourth-order valence-electron chi connectivity index (χ4n) is 1.32. The number of halogens is 2. The Hall–Kier alpha value is -1.26. The fraction of sp³-hybridized carbons (Fsp3) is 0.111. The minimum absolute atomic E-state index is 0.202. The van der Waals surface area contributed by atoms with Gasteiger partial charge in [-0.15, -0.1) is 0 Å². The first-order chi connectivity index (χ1) is 7.09. The van der Waals surface area contributed by atoms with Gasteiger partial charge >= 0.3 is 0 Å². The second kappa shape index (κ2) is 3.72. The molecule has 2 N–H and O–H groups in total. The molecule has 1 amide bonds. The molecule has 0 saturated carbocycles. The van der Waals surface area contributed by atoms with E-state index in [-0.39, 0.29) is 5.91 Å². The van der Waals surface area contributed by atoms with Gasteiger partial charge < -0.3 is 10.3 Å². The van der Waals surface area contributed by atoms with E-state index in [4.69, 9.17) is 23.2 Å². The highest BCUT2D eigenvalue weighted by Gasteiger charge is 2.12. The van der Waals surface area contributed by atoms with Crippen LogP contribution >= 0.6 is 23.2 Å². The molecule has 2 rings (SSSR count). The van der Waals surface area contributed by atoms with E-state index in [2.05, 4.69) is 15.3 Å². The van der Waals surface area contributed by atoms with Gasteiger partial charge in [-0.1, -0.05) is 23.2 Å². The van der Waals surface area contributed by atoms with Crippen LogP contribution in [0.25, 0.3) is 11.0 Å². The van der Waals surface area contributed by atoms with E-state index in [9.17, 15) is 4.79 Å². The number of H-pyrrole nitrogens is 1. The summed E-state index contributed by atoms with van der Waals surface area (Å²) in [6.45, 7) is 1.40. The van der Waals surface area contributed by atoms with Crippen LogP contribution in [0.15, 0.2) is 12.4 Å². The van der Waals surface area contributed by atoms with E-state index in [1.807, 2.05) is 0 Å². The van der Waals surface area contributed by atoms with Gasteiger partial charge in [0.1, 0.15) is 5.52 Å². The number of hydrogen-bond donors (Lipinski definition) is 2. The predicted molar refractivity (Wildman–Crippen MR) is 60.4 cm³/mol. The van der Waals surface area contributed by atoms with E-state index in [0.717, 1.165) is 0 Å². The SMILES string of the molecule is CC(=O)Nc1cc(Cl)c2nc[nH]c2c1Cl. The highest BCUT2D eigenvalue weighted by Crippen LogP contribution is 2.34. The quantitative estimate of drug-likeness (QED) is 0.810. The molecule has 0 unspecified atom stereocenters. The van der Waals surface area contributed by atoms with Gasteiger partial charge in [0.15, 0.2) is 0 Å². The van der Waals surface area contributed by atoms with Crippen molar-refractivity contribution in [2.45, 2.75) is 6.92 Å². The molecule has 78 valence electrons. The molecule has 0 aliphatic rings. The summed E-state index contributed by atoms with van der Waals surface area (Å²) in [5.74, 6) is -0.202. The average Bonchev–Trinajstić information content (AvgIpc) is 2.61. The molecule has 0 fully saturated rings. The van der Waals surface area contributed by atoms with Crippen LogP contribution in [0, 0.1) is 0 Å². The Balaban J connectivity index is 2.65. The van der Waals surface area contributed by atoms with Crippen LogP contribution in [0.1, 0.15) is 6.92 Å². The number of hydrogen-bond acceptors (Lipinski definition) is 2. The molecular formula is C9H7Cl2N3O. The van der Waals surface area contributed by atoms with E-state index in [1.54, 1.807) is 6.07 Å². The summed E-state index contributed by atoms with van der Waals surface area (Å²) in [4.78, 5) is 17.8. The van der Waals surface area contributed by atoms with Gasteiger partial charge in [0.05, 0.1) is 27.6 Å². The summed E-state index contributed by atoms with van der Waals surface area (Å²) in [5.41, 5.74) is 1.69. The first-order valence-electron chi connectivity index (χ1n) is 4.18. The number of carbonyl (C=O) groups is 1. The molecular weight excluding hydrogens is 237 g/mol. The molecule has 0 saturated heterocycles. The largest absolute Gasteiger partial charge is 0.343 e. The summed E-state index contributed by atoms with van der Waals surface area (Å²) in [6, 6.07) is 1.58. The maximum Gasteiger partial charge on any atom is 0.221 e. The third-order valence-electron chi connectivity index (χ3n) is 1.90. The van der Waals surface area contributed by atoms with Crippen molar-refractivity contribution in [3.63, 3.8) is 0 Å². The lowest BCUT2D eigenvalue weighted by molar-refractivity contribution is -0.114. The van der Waals surface area contributed by atoms with E-state index in [0.29, 0.717) is 26.8 Å². The second-order valence-corrected chi connectivity index (χ2v) is 3.81. The van der Waals surface area contributed by atoms with Crippen molar-refractivity contribution in [2.75, 3.05) is 5.32 Å². The first-order valence-corrected chi connectivity index (χ1v) is 4.94. The van der Waals surface area contributed by atoms with Crippen LogP contribution < -0.4 is 5.32 Å². The highest BCUT2D eigenvalue weighted by atomic mass is 35.5. The molecule has 1 aromatic heterocycles. The molecule has 0 aliphatic carbocycles. The lowest BCUT2D eigenvalue weighted by atomic mass is 10.2. The Morgan fingerprint density at radius 2 is 2.27 bits per heavy atom. The molecule has 0 radical (unpaired) electrons. The van der Waals surface area contributed by atoms with E-state index < -0.39 is 0 Å². The van der Waals surface area contributed by atoms with Crippen LogP contribution in [0.2, 0.25) is 10.0 Å². The zero-order valence-electron chi connectivity index (χ0n) is 7.77.